The molecule has 4 rings (SSSR count). The van der Waals surface area contributed by atoms with Crippen molar-refractivity contribution in [2.75, 3.05) is 38.6 Å². The molecule has 0 aromatic heterocycles. The molecular weight excluding hydrogens is 549 g/mol. The van der Waals surface area contributed by atoms with Crippen LogP contribution >= 0.6 is 0 Å². The van der Waals surface area contributed by atoms with E-state index >= 15 is 0 Å². The first-order valence-electron chi connectivity index (χ1n) is 13.3. The van der Waals surface area contributed by atoms with Crippen LogP contribution in [0.4, 0.5) is 10.1 Å². The number of nitrogens with one attached hydrogen (secondary N) is 1. The van der Waals surface area contributed by atoms with Crippen LogP contribution in [0.1, 0.15) is 29.8 Å². The van der Waals surface area contributed by atoms with E-state index in [2.05, 4.69) is 9.62 Å². The summed E-state index contributed by atoms with van der Waals surface area (Å²) in [6.45, 7) is 4.94. The Morgan fingerprint density at radius 2 is 1.83 bits per heavy atom. The quantitative estimate of drug-likeness (QED) is 0.371. The first-order valence-corrected chi connectivity index (χ1v) is 14.8. The van der Waals surface area contributed by atoms with Gasteiger partial charge in [-0.1, -0.05) is 25.1 Å². The van der Waals surface area contributed by atoms with Gasteiger partial charge in [0.2, 0.25) is 0 Å². The summed E-state index contributed by atoms with van der Waals surface area (Å²) in [5, 5.41) is 9.91. The molecule has 220 valence electrons. The Kier molecular flexibility index (Phi) is 9.52. The average molecular weight is 586 g/mol. The van der Waals surface area contributed by atoms with E-state index < -0.39 is 28.0 Å². The van der Waals surface area contributed by atoms with E-state index in [1.54, 1.807) is 31.1 Å². The van der Waals surface area contributed by atoms with Gasteiger partial charge in [0.25, 0.3) is 15.9 Å². The molecule has 0 saturated carbocycles. The zero-order chi connectivity index (χ0) is 29.7. The minimum atomic E-state index is -4.12. The summed E-state index contributed by atoms with van der Waals surface area (Å²) in [5.41, 5.74) is 1.35. The lowest BCUT2D eigenvalue weighted by molar-refractivity contribution is 0.0344. The Morgan fingerprint density at radius 3 is 2.46 bits per heavy atom. The molecule has 0 saturated heterocycles. The van der Waals surface area contributed by atoms with E-state index in [4.69, 9.17) is 9.47 Å². The third-order valence-electron chi connectivity index (χ3n) is 7.16. The molecule has 1 amide bonds. The van der Waals surface area contributed by atoms with Crippen LogP contribution < -0.4 is 14.2 Å². The number of hydrogen-bond donors (Lipinski definition) is 2. The second-order valence-corrected chi connectivity index (χ2v) is 12.1. The summed E-state index contributed by atoms with van der Waals surface area (Å²) in [5.74, 6) is -0.227. The van der Waals surface area contributed by atoms with Crippen LogP contribution in [0, 0.1) is 11.7 Å². The van der Waals surface area contributed by atoms with Crippen molar-refractivity contribution in [3.8, 4) is 11.5 Å². The number of ether oxygens (including phenoxy) is 2. The first-order chi connectivity index (χ1) is 19.5. The van der Waals surface area contributed by atoms with Crippen molar-refractivity contribution < 1.29 is 32.2 Å². The van der Waals surface area contributed by atoms with Crippen molar-refractivity contribution in [1.29, 1.82) is 0 Å². The number of aliphatic hydroxyl groups is 1. The predicted molar refractivity (Wildman–Crippen MR) is 154 cm³/mol. The van der Waals surface area contributed by atoms with Gasteiger partial charge in [0.15, 0.2) is 5.75 Å². The lowest BCUT2D eigenvalue weighted by atomic mass is 9.99. The maximum atomic E-state index is 13.7. The molecule has 2 N–H and O–H groups in total. The number of anilines is 1. The topological polar surface area (TPSA) is 108 Å². The molecule has 3 atom stereocenters. The Morgan fingerprint density at radius 1 is 1.15 bits per heavy atom. The number of carbonyl (C=O) groups is 1. The van der Waals surface area contributed by atoms with Gasteiger partial charge >= 0.3 is 0 Å². The van der Waals surface area contributed by atoms with E-state index in [-0.39, 0.29) is 40.3 Å². The van der Waals surface area contributed by atoms with Crippen molar-refractivity contribution >= 4 is 21.6 Å². The highest BCUT2D eigenvalue weighted by Crippen LogP contribution is 2.36. The molecule has 0 radical (unpaired) electrons. The monoisotopic (exact) mass is 585 g/mol. The fraction of sp³-hybridized carbons (Fsp3) is 0.367. The van der Waals surface area contributed by atoms with Crippen molar-refractivity contribution in [3.63, 3.8) is 0 Å². The highest BCUT2D eigenvalue weighted by atomic mass is 32.2. The van der Waals surface area contributed by atoms with Gasteiger partial charge < -0.3 is 19.5 Å². The molecule has 1 aliphatic rings. The second-order valence-electron chi connectivity index (χ2n) is 10.4. The van der Waals surface area contributed by atoms with Crippen LogP contribution in [0.25, 0.3) is 0 Å². The Labute approximate surface area is 240 Å². The van der Waals surface area contributed by atoms with Crippen molar-refractivity contribution in [3.05, 3.63) is 83.7 Å². The number of likely N-dealkylation sites (N-methyl/N-ethyl adjacent to an activating group) is 1. The minimum Gasteiger partial charge on any atom is -0.497 e. The number of nitrogens with zero attached hydrogens (tertiary/aromatic N) is 2. The summed E-state index contributed by atoms with van der Waals surface area (Å²) in [7, 11) is -0.542. The number of para-hydroxylation sites is 1. The highest BCUT2D eigenvalue weighted by Gasteiger charge is 2.35. The van der Waals surface area contributed by atoms with Crippen LogP contribution in [0.3, 0.4) is 0 Å². The number of halogens is 1. The fourth-order valence-electron chi connectivity index (χ4n) is 4.77. The van der Waals surface area contributed by atoms with Crippen molar-refractivity contribution in [2.24, 2.45) is 5.92 Å². The summed E-state index contributed by atoms with van der Waals surface area (Å²) >= 11 is 0. The molecule has 1 heterocycles. The van der Waals surface area contributed by atoms with Crippen LogP contribution in [0.2, 0.25) is 0 Å². The van der Waals surface area contributed by atoms with Gasteiger partial charge in [0.05, 0.1) is 35.9 Å². The molecule has 0 fully saturated rings. The zero-order valence-electron chi connectivity index (χ0n) is 23.6. The number of aliphatic hydroxyl groups excluding tert-OH is 1. The van der Waals surface area contributed by atoms with Crippen molar-refractivity contribution in [1.82, 2.24) is 9.80 Å². The van der Waals surface area contributed by atoms with Crippen LogP contribution in [-0.4, -0.2) is 75.2 Å². The van der Waals surface area contributed by atoms with Crippen LogP contribution in [0.15, 0.2) is 71.6 Å². The van der Waals surface area contributed by atoms with E-state index in [0.29, 0.717) is 19.6 Å². The Balaban J connectivity index is 1.68. The highest BCUT2D eigenvalue weighted by molar-refractivity contribution is 7.92. The zero-order valence-corrected chi connectivity index (χ0v) is 24.4. The predicted octanol–water partition coefficient (Wildman–Crippen LogP) is 3.99. The lowest BCUT2D eigenvalue weighted by Gasteiger charge is -2.38. The van der Waals surface area contributed by atoms with Crippen LogP contribution in [0.5, 0.6) is 11.5 Å². The summed E-state index contributed by atoms with van der Waals surface area (Å²) < 4.78 is 54.1. The molecule has 11 heteroatoms. The number of amides is 1. The number of rotatable bonds is 10. The largest absolute Gasteiger partial charge is 0.497 e. The number of sulfonamides is 1. The molecule has 3 aromatic rings. The molecule has 9 nitrogen and oxygen atoms in total. The third-order valence-corrected chi connectivity index (χ3v) is 8.54. The average Bonchev–Trinajstić information content (AvgIpc) is 2.95. The van der Waals surface area contributed by atoms with Gasteiger partial charge in [-0.15, -0.1) is 0 Å². The molecule has 1 aliphatic heterocycles. The Bertz CT molecular complexity index is 1450. The van der Waals surface area contributed by atoms with Gasteiger partial charge in [0, 0.05) is 25.6 Å². The maximum Gasteiger partial charge on any atom is 0.262 e. The standard InChI is InChI=1S/C30H36FN3O6S/c1-20-16-34(21(2)19-35)30(36)26-6-5-7-27(32-41(37,38)25-14-10-23(31)11-15-25)29(26)40-28(20)18-33(3)17-22-8-12-24(39-4)13-9-22/h5-15,20-21,28,32,35H,16-19H2,1-4H3/t20-,21-,28-/m0/s1. The van der Waals surface area contributed by atoms with E-state index in [1.165, 1.54) is 18.2 Å². The molecule has 0 spiro atoms. The molecule has 0 aliphatic carbocycles. The second kappa shape index (κ2) is 12.9. The van der Waals surface area contributed by atoms with Crippen LogP contribution in [-0.2, 0) is 16.6 Å². The fourth-order valence-corrected chi connectivity index (χ4v) is 5.84. The van der Waals surface area contributed by atoms with Crippen molar-refractivity contribution in [2.45, 2.75) is 37.4 Å². The number of carbonyl (C=O) groups excluding carboxylic acids is 1. The maximum absolute atomic E-state index is 13.7. The van der Waals surface area contributed by atoms with Gasteiger partial charge in [0.1, 0.15) is 17.7 Å². The summed E-state index contributed by atoms with van der Waals surface area (Å²) in [4.78, 5) is 17.2. The normalized spacial score (nSPS) is 18.2. The van der Waals surface area contributed by atoms with E-state index in [1.807, 2.05) is 38.2 Å². The number of hydrogen-bond acceptors (Lipinski definition) is 7. The molecule has 0 bridgehead atoms. The molecule has 41 heavy (non-hydrogen) atoms. The SMILES string of the molecule is COc1ccc(CN(C)C[C@@H]2Oc3c(NS(=O)(=O)c4ccc(F)cc4)cccc3C(=O)N([C@@H](C)CO)C[C@@H]2C)cc1. The van der Waals surface area contributed by atoms with Gasteiger partial charge in [-0.25, -0.2) is 12.8 Å². The Hall–Kier alpha value is -3.67. The first kappa shape index (κ1) is 30.3. The lowest BCUT2D eigenvalue weighted by Crippen LogP contribution is -2.49. The molecule has 3 aromatic carbocycles. The van der Waals surface area contributed by atoms with Gasteiger partial charge in [-0.3, -0.25) is 14.4 Å². The smallest absolute Gasteiger partial charge is 0.262 e. The molecular formula is C30H36FN3O6S. The van der Waals surface area contributed by atoms with E-state index in [9.17, 15) is 22.7 Å². The number of benzene rings is 3. The van der Waals surface area contributed by atoms with Gasteiger partial charge in [-0.05, 0) is 68.1 Å². The van der Waals surface area contributed by atoms with E-state index in [0.717, 1.165) is 23.4 Å². The number of fused-ring (bicyclic) bond motifs is 1. The summed E-state index contributed by atoms with van der Waals surface area (Å²) in [6, 6.07) is 16.4. The third kappa shape index (κ3) is 7.16. The number of methoxy groups -OCH3 is 1. The summed E-state index contributed by atoms with van der Waals surface area (Å²) in [6.07, 6.45) is -0.435. The van der Waals surface area contributed by atoms with Gasteiger partial charge in [-0.2, -0.15) is 0 Å². The molecule has 0 unspecified atom stereocenters. The minimum absolute atomic E-state index is 0.0914.